The number of aryl methyl sites for hydroxylation is 1. The fourth-order valence-corrected chi connectivity index (χ4v) is 2.67. The highest BCUT2D eigenvalue weighted by Gasteiger charge is 2.28. The van der Waals surface area contributed by atoms with E-state index in [0.717, 1.165) is 23.4 Å². The van der Waals surface area contributed by atoms with Crippen LogP contribution < -0.4 is 5.32 Å². The van der Waals surface area contributed by atoms with Crippen LogP contribution >= 0.6 is 0 Å². The van der Waals surface area contributed by atoms with Gasteiger partial charge >= 0.3 is 0 Å². The number of nitrogens with zero attached hydrogens (tertiary/aromatic N) is 2. The Morgan fingerprint density at radius 3 is 2.85 bits per heavy atom. The monoisotopic (exact) mass is 273 g/mol. The Balaban J connectivity index is 1.81. The van der Waals surface area contributed by atoms with E-state index in [9.17, 15) is 5.11 Å². The third-order valence-electron chi connectivity index (χ3n) is 3.94. The molecule has 4 nitrogen and oxygen atoms in total. The van der Waals surface area contributed by atoms with Crippen molar-refractivity contribution in [3.8, 4) is 0 Å². The Hall–Kier alpha value is -1.39. The van der Waals surface area contributed by atoms with Crippen LogP contribution in [0.2, 0.25) is 0 Å². The molecule has 0 bridgehead atoms. The van der Waals surface area contributed by atoms with Crippen LogP contribution in [0.3, 0.4) is 0 Å². The quantitative estimate of drug-likeness (QED) is 0.847. The summed E-state index contributed by atoms with van der Waals surface area (Å²) in [7, 11) is 0. The van der Waals surface area contributed by atoms with Crippen LogP contribution in [0.5, 0.6) is 0 Å². The lowest BCUT2D eigenvalue weighted by atomic mass is 10.0. The Morgan fingerprint density at radius 2 is 2.15 bits per heavy atom. The number of para-hydroxylation sites is 2. The van der Waals surface area contributed by atoms with Gasteiger partial charge in [-0.15, -0.1) is 0 Å². The Morgan fingerprint density at radius 1 is 1.40 bits per heavy atom. The number of aliphatic hydroxyl groups is 1. The third kappa shape index (κ3) is 2.86. The second-order valence-corrected chi connectivity index (χ2v) is 6.09. The Labute approximate surface area is 119 Å². The average molecular weight is 273 g/mol. The summed E-state index contributed by atoms with van der Waals surface area (Å²) in [5, 5.41) is 14.0. The highest BCUT2D eigenvalue weighted by atomic mass is 16.3. The molecule has 1 aromatic carbocycles. The van der Waals surface area contributed by atoms with Crippen molar-refractivity contribution in [2.45, 2.75) is 51.3 Å². The number of imidazole rings is 1. The number of nitrogens with one attached hydrogen (secondary N) is 1. The zero-order valence-electron chi connectivity index (χ0n) is 12.3. The van der Waals surface area contributed by atoms with Gasteiger partial charge in [0, 0.05) is 25.6 Å². The Bertz CT molecular complexity index is 599. The molecule has 1 aromatic heterocycles. The maximum atomic E-state index is 10.6. The molecule has 0 amide bonds. The van der Waals surface area contributed by atoms with Gasteiger partial charge in [-0.1, -0.05) is 12.1 Å². The number of benzene rings is 1. The normalized spacial score (nSPS) is 18.4. The van der Waals surface area contributed by atoms with E-state index in [-0.39, 0.29) is 0 Å². The molecule has 1 saturated carbocycles. The van der Waals surface area contributed by atoms with E-state index in [0.29, 0.717) is 19.0 Å². The van der Waals surface area contributed by atoms with E-state index in [4.69, 9.17) is 0 Å². The largest absolute Gasteiger partial charge is 0.388 e. The van der Waals surface area contributed by atoms with Crippen LogP contribution in [0, 0.1) is 0 Å². The van der Waals surface area contributed by atoms with Crippen molar-refractivity contribution in [3.05, 3.63) is 30.1 Å². The van der Waals surface area contributed by atoms with Crippen molar-refractivity contribution in [1.29, 1.82) is 0 Å². The number of aromatic nitrogens is 2. The van der Waals surface area contributed by atoms with Gasteiger partial charge in [0.2, 0.25) is 0 Å². The molecule has 0 radical (unpaired) electrons. The Kier molecular flexibility index (Phi) is 3.52. The molecule has 2 aromatic rings. The van der Waals surface area contributed by atoms with E-state index in [1.807, 2.05) is 25.1 Å². The summed E-state index contributed by atoms with van der Waals surface area (Å²) in [6, 6.07) is 8.78. The third-order valence-corrected chi connectivity index (χ3v) is 3.94. The molecule has 4 heteroatoms. The zero-order valence-corrected chi connectivity index (χ0v) is 12.3. The number of hydrogen-bond acceptors (Lipinski definition) is 3. The number of fused-ring (bicyclic) bond motifs is 1. The highest BCUT2D eigenvalue weighted by molar-refractivity contribution is 5.75. The minimum atomic E-state index is -0.753. The lowest BCUT2D eigenvalue weighted by molar-refractivity contribution is 0.0570. The van der Waals surface area contributed by atoms with Crippen LogP contribution in [-0.4, -0.2) is 32.8 Å². The van der Waals surface area contributed by atoms with Gasteiger partial charge in [-0.2, -0.15) is 0 Å². The van der Waals surface area contributed by atoms with Gasteiger partial charge in [-0.3, -0.25) is 0 Å². The summed E-state index contributed by atoms with van der Waals surface area (Å²) in [5.41, 5.74) is 1.41. The molecule has 108 valence electrons. The second-order valence-electron chi connectivity index (χ2n) is 6.09. The van der Waals surface area contributed by atoms with Crippen LogP contribution in [0.1, 0.15) is 32.5 Å². The molecule has 0 saturated heterocycles. The van der Waals surface area contributed by atoms with Gasteiger partial charge in [-0.25, -0.2) is 4.98 Å². The van der Waals surface area contributed by atoms with Crippen LogP contribution in [-0.2, 0) is 13.0 Å². The molecule has 1 heterocycles. The van der Waals surface area contributed by atoms with Crippen LogP contribution in [0.4, 0.5) is 0 Å². The predicted molar refractivity (Wildman–Crippen MR) is 80.8 cm³/mol. The first-order valence-corrected chi connectivity index (χ1v) is 7.49. The average Bonchev–Trinajstić information content (AvgIpc) is 3.17. The van der Waals surface area contributed by atoms with Gasteiger partial charge in [0.1, 0.15) is 5.82 Å². The highest BCUT2D eigenvalue weighted by Crippen LogP contribution is 2.22. The van der Waals surface area contributed by atoms with E-state index in [2.05, 4.69) is 27.9 Å². The van der Waals surface area contributed by atoms with E-state index < -0.39 is 5.60 Å². The van der Waals surface area contributed by atoms with E-state index >= 15 is 0 Å². The molecule has 0 spiro atoms. The fraction of sp³-hybridized carbons (Fsp3) is 0.562. The molecule has 20 heavy (non-hydrogen) atoms. The van der Waals surface area contributed by atoms with Crippen LogP contribution in [0.25, 0.3) is 11.0 Å². The molecule has 2 N–H and O–H groups in total. The first-order valence-electron chi connectivity index (χ1n) is 7.49. The molecule has 0 aliphatic heterocycles. The van der Waals surface area contributed by atoms with E-state index in [1.165, 1.54) is 12.8 Å². The van der Waals surface area contributed by atoms with Crippen molar-refractivity contribution in [3.63, 3.8) is 0 Å². The molecule has 1 fully saturated rings. The van der Waals surface area contributed by atoms with Gasteiger partial charge in [-0.05, 0) is 38.8 Å². The van der Waals surface area contributed by atoms with Crippen LogP contribution in [0.15, 0.2) is 24.3 Å². The van der Waals surface area contributed by atoms with Crippen molar-refractivity contribution < 1.29 is 5.11 Å². The molecule has 1 unspecified atom stereocenters. The van der Waals surface area contributed by atoms with Crippen molar-refractivity contribution >= 4 is 11.0 Å². The zero-order chi connectivity index (χ0) is 14.2. The molecule has 1 aliphatic carbocycles. The second kappa shape index (κ2) is 5.19. The first-order chi connectivity index (χ1) is 9.59. The lowest BCUT2D eigenvalue weighted by Crippen LogP contribution is -2.41. The minimum absolute atomic E-state index is 0.579. The summed E-state index contributed by atoms with van der Waals surface area (Å²) in [6.45, 7) is 5.52. The SMILES string of the molecule is CCn1c(CC(C)(O)CNC2CC2)nc2ccccc21. The molecule has 1 atom stereocenters. The summed E-state index contributed by atoms with van der Waals surface area (Å²) >= 11 is 0. The maximum Gasteiger partial charge on any atom is 0.112 e. The molecule has 3 rings (SSSR count). The van der Waals surface area contributed by atoms with Crippen molar-refractivity contribution in [2.24, 2.45) is 0 Å². The molecular formula is C16H23N3O. The summed E-state index contributed by atoms with van der Waals surface area (Å²) in [5.74, 6) is 0.969. The summed E-state index contributed by atoms with van der Waals surface area (Å²) in [6.07, 6.45) is 3.06. The van der Waals surface area contributed by atoms with Crippen molar-refractivity contribution in [2.75, 3.05) is 6.54 Å². The topological polar surface area (TPSA) is 50.1 Å². The minimum Gasteiger partial charge on any atom is -0.388 e. The van der Waals surface area contributed by atoms with Gasteiger partial charge in [0.25, 0.3) is 0 Å². The first kappa shape index (κ1) is 13.6. The molecule has 1 aliphatic rings. The number of rotatable bonds is 6. The maximum absolute atomic E-state index is 10.6. The summed E-state index contributed by atoms with van der Waals surface area (Å²) in [4.78, 5) is 4.69. The van der Waals surface area contributed by atoms with Gasteiger partial charge in [0.15, 0.2) is 0 Å². The van der Waals surface area contributed by atoms with E-state index in [1.54, 1.807) is 0 Å². The predicted octanol–water partition coefficient (Wildman–Crippen LogP) is 2.10. The standard InChI is InChI=1S/C16H23N3O/c1-3-19-14-7-5-4-6-13(14)18-15(19)10-16(2,20)11-17-12-8-9-12/h4-7,12,17,20H,3,8-11H2,1-2H3. The van der Waals surface area contributed by atoms with Crippen molar-refractivity contribution in [1.82, 2.24) is 14.9 Å². The summed E-state index contributed by atoms with van der Waals surface area (Å²) < 4.78 is 2.20. The fourth-order valence-electron chi connectivity index (χ4n) is 2.67. The van der Waals surface area contributed by atoms with Gasteiger partial charge < -0.3 is 15.0 Å². The smallest absolute Gasteiger partial charge is 0.112 e. The lowest BCUT2D eigenvalue weighted by Gasteiger charge is -2.23. The molecular weight excluding hydrogens is 250 g/mol. The van der Waals surface area contributed by atoms with Gasteiger partial charge in [0.05, 0.1) is 16.6 Å². The number of hydrogen-bond donors (Lipinski definition) is 2.